The zero-order valence-corrected chi connectivity index (χ0v) is 16.6. The summed E-state index contributed by atoms with van der Waals surface area (Å²) in [5.41, 5.74) is 2.00. The molecule has 2 N–H and O–H groups in total. The highest BCUT2D eigenvalue weighted by Crippen LogP contribution is 2.33. The van der Waals surface area contributed by atoms with E-state index in [1.807, 2.05) is 30.3 Å². The van der Waals surface area contributed by atoms with Crippen LogP contribution < -0.4 is 10.6 Å². The van der Waals surface area contributed by atoms with Gasteiger partial charge in [0, 0.05) is 23.4 Å². The van der Waals surface area contributed by atoms with Crippen molar-refractivity contribution in [3.8, 4) is 11.3 Å². The van der Waals surface area contributed by atoms with Gasteiger partial charge in [-0.3, -0.25) is 0 Å². The first kappa shape index (κ1) is 20.2. The van der Waals surface area contributed by atoms with Gasteiger partial charge in [-0.25, -0.2) is 4.98 Å². The third-order valence-corrected chi connectivity index (χ3v) is 5.31. The summed E-state index contributed by atoms with van der Waals surface area (Å²) in [6, 6.07) is 15.4. The highest BCUT2D eigenvalue weighted by Gasteiger charge is 2.30. The van der Waals surface area contributed by atoms with Crippen LogP contribution in [0.1, 0.15) is 36.8 Å². The van der Waals surface area contributed by atoms with Crippen LogP contribution in [0.25, 0.3) is 11.3 Å². The quantitative estimate of drug-likeness (QED) is 0.498. The Labute approximate surface area is 173 Å². The molecule has 2 aromatic carbocycles. The van der Waals surface area contributed by atoms with E-state index in [0.717, 1.165) is 30.5 Å². The second kappa shape index (κ2) is 8.34. The molecule has 1 aromatic heterocycles. The summed E-state index contributed by atoms with van der Waals surface area (Å²) in [6.07, 6.45) is 0.0677. The van der Waals surface area contributed by atoms with Gasteiger partial charge in [-0.15, -0.1) is 0 Å². The summed E-state index contributed by atoms with van der Waals surface area (Å²) in [5.74, 6) is 0.933. The molecule has 4 nitrogen and oxygen atoms in total. The molecule has 156 valence electrons. The maximum atomic E-state index is 13.2. The van der Waals surface area contributed by atoms with Gasteiger partial charge in [-0.05, 0) is 37.5 Å². The minimum atomic E-state index is -4.40. The molecule has 0 atom stereocenters. The first-order valence-electron chi connectivity index (χ1n) is 10.0. The molecule has 7 heteroatoms. The number of hydrogen-bond donors (Lipinski definition) is 2. The molecular weight excluding hydrogens is 389 g/mol. The number of aromatic nitrogens is 2. The van der Waals surface area contributed by atoms with Crippen molar-refractivity contribution in [3.05, 3.63) is 65.7 Å². The SMILES string of the molecule is Cc1ccc(C(F)(F)F)cc1Nc1cc(-c2ccccc2)nc(NC2CCCC2)n1. The number of nitrogens with one attached hydrogen (secondary N) is 2. The number of benzene rings is 2. The number of rotatable bonds is 5. The van der Waals surface area contributed by atoms with Gasteiger partial charge in [0.25, 0.3) is 0 Å². The third kappa shape index (κ3) is 4.72. The van der Waals surface area contributed by atoms with Gasteiger partial charge >= 0.3 is 6.18 Å². The molecule has 1 fully saturated rings. The first-order chi connectivity index (χ1) is 14.4. The Balaban J connectivity index is 1.70. The summed E-state index contributed by atoms with van der Waals surface area (Å²) < 4.78 is 39.5. The van der Waals surface area contributed by atoms with Gasteiger partial charge in [0.05, 0.1) is 11.3 Å². The van der Waals surface area contributed by atoms with Gasteiger partial charge in [0.1, 0.15) is 5.82 Å². The van der Waals surface area contributed by atoms with E-state index in [1.165, 1.54) is 18.9 Å². The summed E-state index contributed by atoms with van der Waals surface area (Å²) in [7, 11) is 0. The molecule has 0 spiro atoms. The van der Waals surface area contributed by atoms with Crippen molar-refractivity contribution in [2.45, 2.75) is 44.8 Å². The van der Waals surface area contributed by atoms with Crippen molar-refractivity contribution < 1.29 is 13.2 Å². The monoisotopic (exact) mass is 412 g/mol. The van der Waals surface area contributed by atoms with Crippen LogP contribution in [0.3, 0.4) is 0 Å². The van der Waals surface area contributed by atoms with E-state index in [2.05, 4.69) is 20.6 Å². The van der Waals surface area contributed by atoms with Crippen molar-refractivity contribution in [2.75, 3.05) is 10.6 Å². The Hall–Kier alpha value is -3.09. The van der Waals surface area contributed by atoms with Crippen LogP contribution >= 0.6 is 0 Å². The lowest BCUT2D eigenvalue weighted by Gasteiger charge is -2.16. The Morgan fingerprint density at radius 1 is 0.933 bits per heavy atom. The van der Waals surface area contributed by atoms with E-state index in [4.69, 9.17) is 0 Å². The predicted molar refractivity (Wildman–Crippen MR) is 113 cm³/mol. The van der Waals surface area contributed by atoms with E-state index in [-0.39, 0.29) is 0 Å². The molecule has 1 aliphatic rings. The average Bonchev–Trinajstić information content (AvgIpc) is 3.22. The summed E-state index contributed by atoms with van der Waals surface area (Å²) in [4.78, 5) is 9.18. The van der Waals surface area contributed by atoms with E-state index < -0.39 is 11.7 Å². The van der Waals surface area contributed by atoms with Crippen LogP contribution in [0.5, 0.6) is 0 Å². The number of aryl methyl sites for hydroxylation is 1. The number of anilines is 3. The Kier molecular flexibility index (Phi) is 5.61. The molecule has 0 unspecified atom stereocenters. The van der Waals surface area contributed by atoms with Crippen molar-refractivity contribution in [1.29, 1.82) is 0 Å². The largest absolute Gasteiger partial charge is 0.416 e. The minimum absolute atomic E-state index is 0.319. The highest BCUT2D eigenvalue weighted by molar-refractivity contribution is 5.69. The third-order valence-electron chi connectivity index (χ3n) is 5.31. The Morgan fingerprint density at radius 2 is 1.67 bits per heavy atom. The van der Waals surface area contributed by atoms with Crippen molar-refractivity contribution in [3.63, 3.8) is 0 Å². The van der Waals surface area contributed by atoms with Gasteiger partial charge < -0.3 is 10.6 Å². The molecule has 0 amide bonds. The van der Waals surface area contributed by atoms with Gasteiger partial charge in [-0.1, -0.05) is 49.2 Å². The van der Waals surface area contributed by atoms with Gasteiger partial charge in [0.2, 0.25) is 5.95 Å². The maximum Gasteiger partial charge on any atom is 0.416 e. The van der Waals surface area contributed by atoms with Crippen molar-refractivity contribution in [1.82, 2.24) is 9.97 Å². The average molecular weight is 412 g/mol. The second-order valence-electron chi connectivity index (χ2n) is 7.61. The fraction of sp³-hybridized carbons (Fsp3) is 0.304. The van der Waals surface area contributed by atoms with Crippen LogP contribution in [0.4, 0.5) is 30.6 Å². The highest BCUT2D eigenvalue weighted by atomic mass is 19.4. The van der Waals surface area contributed by atoms with E-state index in [0.29, 0.717) is 34.8 Å². The Bertz CT molecular complexity index is 1010. The van der Waals surface area contributed by atoms with E-state index in [1.54, 1.807) is 13.0 Å². The lowest BCUT2D eigenvalue weighted by molar-refractivity contribution is -0.137. The maximum absolute atomic E-state index is 13.2. The number of hydrogen-bond acceptors (Lipinski definition) is 4. The minimum Gasteiger partial charge on any atom is -0.351 e. The van der Waals surface area contributed by atoms with Crippen LogP contribution in [0.2, 0.25) is 0 Å². The first-order valence-corrected chi connectivity index (χ1v) is 10.0. The molecule has 1 aliphatic carbocycles. The molecule has 30 heavy (non-hydrogen) atoms. The van der Waals surface area contributed by atoms with Crippen LogP contribution in [0.15, 0.2) is 54.6 Å². The van der Waals surface area contributed by atoms with Crippen molar-refractivity contribution >= 4 is 17.5 Å². The smallest absolute Gasteiger partial charge is 0.351 e. The van der Waals surface area contributed by atoms with Crippen LogP contribution in [0, 0.1) is 6.92 Å². The molecule has 3 aromatic rings. The predicted octanol–water partition coefficient (Wildman–Crippen LogP) is 6.57. The van der Waals surface area contributed by atoms with Crippen LogP contribution in [-0.2, 0) is 6.18 Å². The fourth-order valence-corrected chi connectivity index (χ4v) is 3.66. The molecular formula is C23H23F3N4. The molecule has 0 aliphatic heterocycles. The van der Waals surface area contributed by atoms with E-state index >= 15 is 0 Å². The summed E-state index contributed by atoms with van der Waals surface area (Å²) in [6.45, 7) is 1.76. The number of nitrogens with zero attached hydrogens (tertiary/aromatic N) is 2. The fourth-order valence-electron chi connectivity index (χ4n) is 3.66. The number of alkyl halides is 3. The van der Waals surface area contributed by atoms with Crippen LogP contribution in [-0.4, -0.2) is 16.0 Å². The van der Waals surface area contributed by atoms with Gasteiger partial charge in [0.15, 0.2) is 0 Å². The summed E-state index contributed by atoms with van der Waals surface area (Å²) in [5, 5.41) is 6.45. The number of halogens is 3. The molecule has 1 heterocycles. The lowest BCUT2D eigenvalue weighted by atomic mass is 10.1. The molecule has 0 radical (unpaired) electrons. The topological polar surface area (TPSA) is 49.8 Å². The standard InChI is InChI=1S/C23H23F3N4/c1-15-11-12-17(23(24,25)26)13-19(15)28-21-14-20(16-7-3-2-4-8-16)29-22(30-21)27-18-9-5-6-10-18/h2-4,7-8,11-14,18H,5-6,9-10H2,1H3,(H2,27,28,29,30). The molecule has 1 saturated carbocycles. The lowest BCUT2D eigenvalue weighted by Crippen LogP contribution is -2.17. The zero-order valence-electron chi connectivity index (χ0n) is 16.6. The normalized spacial score (nSPS) is 14.7. The van der Waals surface area contributed by atoms with E-state index in [9.17, 15) is 13.2 Å². The summed E-state index contributed by atoms with van der Waals surface area (Å²) >= 11 is 0. The molecule has 0 saturated heterocycles. The van der Waals surface area contributed by atoms with Gasteiger partial charge in [-0.2, -0.15) is 18.2 Å². The molecule has 0 bridgehead atoms. The van der Waals surface area contributed by atoms with Crippen molar-refractivity contribution in [2.24, 2.45) is 0 Å². The second-order valence-corrected chi connectivity index (χ2v) is 7.61. The molecule has 4 rings (SSSR count). The Morgan fingerprint density at radius 3 is 2.37 bits per heavy atom. The zero-order chi connectivity index (χ0) is 21.1.